The van der Waals surface area contributed by atoms with Crippen molar-refractivity contribution in [2.24, 2.45) is 5.73 Å². The summed E-state index contributed by atoms with van der Waals surface area (Å²) in [6, 6.07) is 2.52. The van der Waals surface area contributed by atoms with Gasteiger partial charge in [-0.2, -0.15) is 0 Å². The Morgan fingerprint density at radius 2 is 2.00 bits per heavy atom. The van der Waals surface area contributed by atoms with Crippen molar-refractivity contribution in [1.29, 1.82) is 0 Å². The number of phenols is 1. The molecular formula is C19H25BN4O8. The van der Waals surface area contributed by atoms with E-state index in [1.54, 1.807) is 6.20 Å². The lowest BCUT2D eigenvalue weighted by atomic mass is 9.82. The van der Waals surface area contributed by atoms with Gasteiger partial charge in [-0.3, -0.25) is 9.69 Å². The number of carboxylic acids is 2. The summed E-state index contributed by atoms with van der Waals surface area (Å²) in [4.78, 5) is 28.5. The predicted octanol–water partition coefficient (Wildman–Crippen LogP) is -0.850. The largest absolute Gasteiger partial charge is 0.507 e. The lowest BCUT2D eigenvalue weighted by Gasteiger charge is -2.40. The summed E-state index contributed by atoms with van der Waals surface area (Å²) >= 11 is 0. The van der Waals surface area contributed by atoms with Crippen LogP contribution in [0.1, 0.15) is 27.7 Å². The van der Waals surface area contributed by atoms with E-state index in [4.69, 9.17) is 25.6 Å². The summed E-state index contributed by atoms with van der Waals surface area (Å²) in [7, 11) is -1.56. The monoisotopic (exact) mass is 448 g/mol. The van der Waals surface area contributed by atoms with E-state index in [9.17, 15) is 19.8 Å². The molecule has 1 unspecified atom stereocenters. The number of hydrogen-bond donors (Lipinski definition) is 6. The molecule has 0 saturated carbocycles. The van der Waals surface area contributed by atoms with Crippen molar-refractivity contribution in [3.63, 3.8) is 0 Å². The van der Waals surface area contributed by atoms with Gasteiger partial charge in [0.2, 0.25) is 0 Å². The molecule has 0 amide bonds. The summed E-state index contributed by atoms with van der Waals surface area (Å²) in [5.41, 5.74) is 6.63. The molecule has 1 aliphatic rings. The predicted molar refractivity (Wildman–Crippen MR) is 111 cm³/mol. The van der Waals surface area contributed by atoms with Gasteiger partial charge in [0.05, 0.1) is 18.1 Å². The van der Waals surface area contributed by atoms with Gasteiger partial charge >= 0.3 is 19.1 Å². The Hall–Kier alpha value is -3.13. The van der Waals surface area contributed by atoms with Crippen molar-refractivity contribution in [1.82, 2.24) is 14.5 Å². The number of imidazole rings is 1. The second-order valence-electron chi connectivity index (χ2n) is 7.70. The van der Waals surface area contributed by atoms with E-state index in [-0.39, 0.29) is 42.3 Å². The third-order valence-electron chi connectivity index (χ3n) is 5.13. The number of carboxylic acid groups (broad SMARTS) is 2. The first-order valence-electron chi connectivity index (χ1n) is 9.96. The second-order valence-corrected chi connectivity index (χ2v) is 7.70. The number of aromatic nitrogens is 2. The number of aliphatic carboxylic acids is 1. The van der Waals surface area contributed by atoms with Gasteiger partial charge in [0.15, 0.2) is 0 Å². The third kappa shape index (κ3) is 5.76. The van der Waals surface area contributed by atoms with E-state index in [0.29, 0.717) is 25.3 Å². The van der Waals surface area contributed by atoms with Crippen LogP contribution in [0.4, 0.5) is 0 Å². The molecule has 1 atom stereocenters. The Morgan fingerprint density at radius 3 is 2.62 bits per heavy atom. The number of aromatic carboxylic acids is 1. The van der Waals surface area contributed by atoms with Crippen LogP contribution in [0.25, 0.3) is 0 Å². The molecule has 12 nitrogen and oxygen atoms in total. The molecule has 2 aromatic rings. The van der Waals surface area contributed by atoms with Crippen LogP contribution in [0, 0.1) is 0 Å². The van der Waals surface area contributed by atoms with Crippen LogP contribution in [-0.4, -0.2) is 84.6 Å². The fourth-order valence-corrected chi connectivity index (χ4v) is 3.52. The SMILES string of the molecule is NC(CN1CC(Oc2ccc(CCB(O)O)c(O)c2C(=O)O)C1)c1cn(CC(=O)O)cn1. The Bertz CT molecular complexity index is 976. The number of aromatic hydroxyl groups is 1. The first-order chi connectivity index (χ1) is 15.1. The molecule has 1 aromatic carbocycles. The van der Waals surface area contributed by atoms with Crippen molar-refractivity contribution >= 4 is 19.1 Å². The van der Waals surface area contributed by atoms with E-state index in [1.165, 1.54) is 23.0 Å². The van der Waals surface area contributed by atoms with Gasteiger partial charge in [0, 0.05) is 25.8 Å². The maximum Gasteiger partial charge on any atom is 0.451 e. The molecule has 0 spiro atoms. The summed E-state index contributed by atoms with van der Waals surface area (Å²) < 4.78 is 7.20. The minimum absolute atomic E-state index is 0.0321. The van der Waals surface area contributed by atoms with Crippen LogP contribution in [0.2, 0.25) is 6.32 Å². The highest BCUT2D eigenvalue weighted by molar-refractivity contribution is 6.41. The molecule has 3 rings (SSSR count). The van der Waals surface area contributed by atoms with E-state index >= 15 is 0 Å². The molecule has 0 radical (unpaired) electrons. The van der Waals surface area contributed by atoms with Gasteiger partial charge in [-0.25, -0.2) is 9.78 Å². The molecule has 32 heavy (non-hydrogen) atoms. The van der Waals surface area contributed by atoms with Gasteiger partial charge in [0.1, 0.15) is 29.7 Å². The smallest absolute Gasteiger partial charge is 0.451 e. The van der Waals surface area contributed by atoms with Crippen molar-refractivity contribution in [3.05, 3.63) is 41.5 Å². The summed E-state index contributed by atoms with van der Waals surface area (Å²) in [6.45, 7) is 1.24. The first-order valence-corrected chi connectivity index (χ1v) is 9.96. The van der Waals surface area contributed by atoms with Crippen molar-refractivity contribution in [2.75, 3.05) is 19.6 Å². The molecule has 1 aromatic heterocycles. The number of hydrogen-bond acceptors (Lipinski definition) is 9. The zero-order valence-corrected chi connectivity index (χ0v) is 17.2. The van der Waals surface area contributed by atoms with Gasteiger partial charge < -0.3 is 40.4 Å². The molecule has 7 N–H and O–H groups in total. The van der Waals surface area contributed by atoms with E-state index in [1.807, 2.05) is 4.90 Å². The normalized spacial score (nSPS) is 15.2. The van der Waals surface area contributed by atoms with Gasteiger partial charge in [0.25, 0.3) is 0 Å². The second kappa shape index (κ2) is 10.00. The number of benzene rings is 1. The standard InChI is InChI=1S/C19H25BN4O8/c21-13(14-8-24(10-22-14)9-16(25)26)7-23-5-12(6-23)32-15-2-1-11(3-4-20(30)31)18(27)17(15)19(28)29/h1-2,8,10,12-13,27,30-31H,3-7,9,21H2,(H,25,26)(H,28,29). The number of rotatable bonds is 11. The lowest BCUT2D eigenvalue weighted by molar-refractivity contribution is -0.137. The molecule has 1 aliphatic heterocycles. The molecule has 1 saturated heterocycles. The highest BCUT2D eigenvalue weighted by atomic mass is 16.5. The van der Waals surface area contributed by atoms with Crippen LogP contribution >= 0.6 is 0 Å². The third-order valence-corrected chi connectivity index (χ3v) is 5.13. The van der Waals surface area contributed by atoms with Gasteiger partial charge in [-0.1, -0.05) is 6.07 Å². The van der Waals surface area contributed by atoms with Gasteiger partial charge in [-0.15, -0.1) is 0 Å². The van der Waals surface area contributed by atoms with Crippen LogP contribution in [0.3, 0.4) is 0 Å². The van der Waals surface area contributed by atoms with E-state index in [2.05, 4.69) is 4.98 Å². The summed E-state index contributed by atoms with van der Waals surface area (Å²) in [6.07, 6.45) is 2.76. The molecule has 172 valence electrons. The molecule has 2 heterocycles. The minimum Gasteiger partial charge on any atom is -0.507 e. The number of likely N-dealkylation sites (tertiary alicyclic amines) is 1. The fraction of sp³-hybridized carbons (Fsp3) is 0.421. The highest BCUT2D eigenvalue weighted by Crippen LogP contribution is 2.34. The first kappa shape index (κ1) is 23.5. The highest BCUT2D eigenvalue weighted by Gasteiger charge is 2.32. The molecule has 0 bridgehead atoms. The van der Waals surface area contributed by atoms with E-state index in [0.717, 1.165) is 0 Å². The fourth-order valence-electron chi connectivity index (χ4n) is 3.52. The maximum atomic E-state index is 11.6. The average molecular weight is 448 g/mol. The molecule has 13 heteroatoms. The average Bonchev–Trinajstić information content (AvgIpc) is 3.12. The molecule has 0 aliphatic carbocycles. The summed E-state index contributed by atoms with van der Waals surface area (Å²) in [5, 5.41) is 46.6. The molecule has 1 fully saturated rings. The van der Waals surface area contributed by atoms with Crippen LogP contribution in [-0.2, 0) is 17.8 Å². The zero-order valence-electron chi connectivity index (χ0n) is 17.2. The minimum atomic E-state index is -1.56. The number of ether oxygens (including phenoxy) is 1. The lowest BCUT2D eigenvalue weighted by Crippen LogP contribution is -2.55. The van der Waals surface area contributed by atoms with Crippen LogP contribution in [0.15, 0.2) is 24.7 Å². The topological polar surface area (TPSA) is 192 Å². The van der Waals surface area contributed by atoms with Gasteiger partial charge in [-0.05, 0) is 24.4 Å². The number of nitrogens with two attached hydrogens (primary N) is 1. The van der Waals surface area contributed by atoms with E-state index < -0.39 is 30.8 Å². The number of carbonyl (C=O) groups is 2. The Balaban J connectivity index is 1.56. The number of nitrogens with zero attached hydrogens (tertiary/aromatic N) is 3. The zero-order chi connectivity index (χ0) is 23.4. The Morgan fingerprint density at radius 1 is 1.28 bits per heavy atom. The Labute approximate surface area is 183 Å². The van der Waals surface area contributed by atoms with Crippen molar-refractivity contribution in [3.8, 4) is 11.5 Å². The molecular weight excluding hydrogens is 423 g/mol. The summed E-state index contributed by atoms with van der Waals surface area (Å²) in [5.74, 6) is -2.74. The van der Waals surface area contributed by atoms with Crippen LogP contribution in [0.5, 0.6) is 11.5 Å². The van der Waals surface area contributed by atoms with Crippen molar-refractivity contribution in [2.45, 2.75) is 31.4 Å². The quantitative estimate of drug-likeness (QED) is 0.235. The van der Waals surface area contributed by atoms with Crippen molar-refractivity contribution < 1.29 is 39.7 Å². The number of aryl methyl sites for hydroxylation is 1. The van der Waals surface area contributed by atoms with Crippen LogP contribution < -0.4 is 10.5 Å². The Kier molecular flexibility index (Phi) is 7.35. The maximum absolute atomic E-state index is 11.6.